The Balaban J connectivity index is 1.60. The van der Waals surface area contributed by atoms with Gasteiger partial charge in [-0.3, -0.25) is 0 Å². The van der Waals surface area contributed by atoms with E-state index in [1.165, 1.54) is 24.3 Å². The second-order valence-corrected chi connectivity index (χ2v) is 6.95. The number of hydrogen-bond donors (Lipinski definition) is 5. The van der Waals surface area contributed by atoms with E-state index in [9.17, 15) is 30.3 Å². The van der Waals surface area contributed by atoms with Gasteiger partial charge in [-0.1, -0.05) is 30.3 Å². The van der Waals surface area contributed by atoms with Crippen LogP contribution in [0.5, 0.6) is 11.5 Å². The van der Waals surface area contributed by atoms with Crippen LogP contribution in [0, 0.1) is 0 Å². The molecule has 0 amide bonds. The molecule has 3 rings (SSSR count). The molecule has 2 aromatic carbocycles. The van der Waals surface area contributed by atoms with Gasteiger partial charge in [-0.15, -0.1) is 0 Å². The van der Waals surface area contributed by atoms with Crippen molar-refractivity contribution in [2.24, 2.45) is 0 Å². The normalized spacial score (nSPS) is 26.0. The summed E-state index contributed by atoms with van der Waals surface area (Å²) >= 11 is 0. The molecule has 9 heteroatoms. The second kappa shape index (κ2) is 10.4. The topological polar surface area (TPSA) is 146 Å². The molecule has 0 bridgehead atoms. The monoisotopic (exact) mass is 432 g/mol. The highest BCUT2D eigenvalue weighted by Crippen LogP contribution is 2.26. The van der Waals surface area contributed by atoms with Gasteiger partial charge in [-0.25, -0.2) is 4.79 Å². The molecule has 0 aromatic heterocycles. The molecule has 0 spiro atoms. The number of carbonyl (C=O) groups excluding carboxylic acids is 1. The predicted molar refractivity (Wildman–Crippen MR) is 108 cm³/mol. The van der Waals surface area contributed by atoms with Crippen LogP contribution in [-0.2, 0) is 20.9 Å². The fourth-order valence-corrected chi connectivity index (χ4v) is 2.99. The first-order valence-corrected chi connectivity index (χ1v) is 9.58. The SMILES string of the molecule is O=C(/C=C/c1ccc(O)cc1)OC[C@H]1O[C@@H](Oc2ccccc2CO)[C@H](O)[C@@H](O)[C@@H]1O. The molecular formula is C22H24O9. The second-order valence-electron chi connectivity index (χ2n) is 6.95. The summed E-state index contributed by atoms with van der Waals surface area (Å²) in [6, 6.07) is 12.7. The van der Waals surface area contributed by atoms with Gasteiger partial charge in [-0.2, -0.15) is 0 Å². The molecule has 5 N–H and O–H groups in total. The Morgan fingerprint density at radius 3 is 2.42 bits per heavy atom. The minimum absolute atomic E-state index is 0.0993. The van der Waals surface area contributed by atoms with Gasteiger partial charge >= 0.3 is 5.97 Å². The lowest BCUT2D eigenvalue weighted by molar-refractivity contribution is -0.278. The van der Waals surface area contributed by atoms with E-state index in [0.29, 0.717) is 11.1 Å². The van der Waals surface area contributed by atoms with Crippen molar-refractivity contribution in [2.75, 3.05) is 6.61 Å². The van der Waals surface area contributed by atoms with Gasteiger partial charge in [0.2, 0.25) is 6.29 Å². The van der Waals surface area contributed by atoms with E-state index in [0.717, 1.165) is 0 Å². The summed E-state index contributed by atoms with van der Waals surface area (Å²) in [4.78, 5) is 12.0. The van der Waals surface area contributed by atoms with Crippen molar-refractivity contribution < 1.29 is 44.5 Å². The van der Waals surface area contributed by atoms with Crippen LogP contribution < -0.4 is 4.74 Å². The summed E-state index contributed by atoms with van der Waals surface area (Å²) in [6.45, 7) is -0.705. The van der Waals surface area contributed by atoms with Crippen LogP contribution in [0.15, 0.2) is 54.6 Å². The Kier molecular flexibility index (Phi) is 7.61. The van der Waals surface area contributed by atoms with E-state index < -0.39 is 43.3 Å². The number of aliphatic hydroxyl groups excluding tert-OH is 4. The van der Waals surface area contributed by atoms with Gasteiger partial charge in [-0.05, 0) is 29.8 Å². The average Bonchev–Trinajstić information content (AvgIpc) is 2.78. The lowest BCUT2D eigenvalue weighted by Crippen LogP contribution is -2.60. The van der Waals surface area contributed by atoms with Crippen molar-refractivity contribution in [3.63, 3.8) is 0 Å². The third-order valence-electron chi connectivity index (χ3n) is 4.75. The number of para-hydroxylation sites is 1. The predicted octanol–water partition coefficient (Wildman–Crippen LogP) is 0.327. The fraction of sp³-hybridized carbons (Fsp3) is 0.318. The Bertz CT molecular complexity index is 896. The summed E-state index contributed by atoms with van der Waals surface area (Å²) in [5.74, 6) is -0.375. The molecule has 1 saturated heterocycles. The molecule has 0 aliphatic carbocycles. The van der Waals surface area contributed by atoms with Gasteiger partial charge in [0.1, 0.15) is 42.5 Å². The van der Waals surface area contributed by atoms with E-state index in [4.69, 9.17) is 14.2 Å². The number of esters is 1. The zero-order valence-corrected chi connectivity index (χ0v) is 16.4. The number of aliphatic hydroxyl groups is 4. The molecule has 2 aromatic rings. The van der Waals surface area contributed by atoms with E-state index in [1.54, 1.807) is 36.4 Å². The van der Waals surface area contributed by atoms with E-state index in [1.807, 2.05) is 0 Å². The molecule has 0 unspecified atom stereocenters. The maximum absolute atomic E-state index is 12.0. The standard InChI is InChI=1S/C22H24O9/c23-11-14-3-1-2-4-16(14)30-22-21(28)20(27)19(26)17(31-22)12-29-18(25)10-7-13-5-8-15(24)9-6-13/h1-10,17,19-24,26-28H,11-12H2/b10-7+/t17-,19-,20+,21-,22-/m1/s1. The van der Waals surface area contributed by atoms with Crippen LogP contribution in [0.1, 0.15) is 11.1 Å². The van der Waals surface area contributed by atoms with Crippen LogP contribution in [0.25, 0.3) is 6.08 Å². The molecule has 31 heavy (non-hydrogen) atoms. The molecular weight excluding hydrogens is 408 g/mol. The summed E-state index contributed by atoms with van der Waals surface area (Å²) in [7, 11) is 0. The Labute approximate surface area is 178 Å². The number of rotatable bonds is 7. The molecule has 5 atom stereocenters. The van der Waals surface area contributed by atoms with Crippen LogP contribution >= 0.6 is 0 Å². The summed E-state index contributed by atoms with van der Waals surface area (Å²) < 4.78 is 16.2. The fourth-order valence-electron chi connectivity index (χ4n) is 2.99. The molecule has 1 aliphatic heterocycles. The van der Waals surface area contributed by atoms with Crippen molar-refractivity contribution in [2.45, 2.75) is 37.3 Å². The van der Waals surface area contributed by atoms with Gasteiger partial charge in [0.25, 0.3) is 0 Å². The maximum atomic E-state index is 12.0. The highest BCUT2D eigenvalue weighted by molar-refractivity contribution is 5.87. The molecule has 166 valence electrons. The summed E-state index contributed by atoms with van der Waals surface area (Å²) in [5.41, 5.74) is 1.11. The summed E-state index contributed by atoms with van der Waals surface area (Å²) in [6.07, 6.45) is -4.55. The quantitative estimate of drug-likeness (QED) is 0.308. The van der Waals surface area contributed by atoms with Gasteiger partial charge < -0.3 is 39.7 Å². The average molecular weight is 432 g/mol. The summed E-state index contributed by atoms with van der Waals surface area (Å²) in [5, 5.41) is 49.2. The first kappa shape index (κ1) is 22.7. The number of carbonyl (C=O) groups is 1. The minimum Gasteiger partial charge on any atom is -0.508 e. The van der Waals surface area contributed by atoms with E-state index >= 15 is 0 Å². The first-order chi connectivity index (χ1) is 14.9. The maximum Gasteiger partial charge on any atom is 0.330 e. The lowest BCUT2D eigenvalue weighted by Gasteiger charge is -2.40. The minimum atomic E-state index is -1.60. The number of phenols is 1. The van der Waals surface area contributed by atoms with Crippen LogP contribution in [0.4, 0.5) is 0 Å². The zero-order valence-electron chi connectivity index (χ0n) is 16.4. The number of benzene rings is 2. The molecule has 1 heterocycles. The lowest BCUT2D eigenvalue weighted by atomic mass is 9.99. The molecule has 0 saturated carbocycles. The van der Waals surface area contributed by atoms with Crippen molar-refractivity contribution >= 4 is 12.0 Å². The Morgan fingerprint density at radius 1 is 1.00 bits per heavy atom. The van der Waals surface area contributed by atoms with Crippen molar-refractivity contribution in [3.05, 3.63) is 65.7 Å². The van der Waals surface area contributed by atoms with Gasteiger partial charge in [0, 0.05) is 11.6 Å². The number of phenolic OH excluding ortho intramolecular Hbond substituents is 1. The molecule has 1 aliphatic rings. The van der Waals surface area contributed by atoms with Crippen LogP contribution in [0.2, 0.25) is 0 Å². The third-order valence-corrected chi connectivity index (χ3v) is 4.75. The van der Waals surface area contributed by atoms with E-state index in [-0.39, 0.29) is 18.1 Å². The third kappa shape index (κ3) is 5.81. The van der Waals surface area contributed by atoms with Gasteiger partial charge in [0.05, 0.1) is 6.61 Å². The molecule has 9 nitrogen and oxygen atoms in total. The number of aromatic hydroxyl groups is 1. The van der Waals surface area contributed by atoms with Crippen molar-refractivity contribution in [3.8, 4) is 11.5 Å². The van der Waals surface area contributed by atoms with Gasteiger partial charge in [0.15, 0.2) is 0 Å². The zero-order chi connectivity index (χ0) is 22.4. The smallest absolute Gasteiger partial charge is 0.330 e. The molecule has 1 fully saturated rings. The number of hydrogen-bond acceptors (Lipinski definition) is 9. The van der Waals surface area contributed by atoms with Crippen molar-refractivity contribution in [1.82, 2.24) is 0 Å². The Hall–Kier alpha value is -2.95. The van der Waals surface area contributed by atoms with E-state index in [2.05, 4.69) is 0 Å². The molecule has 0 radical (unpaired) electrons. The first-order valence-electron chi connectivity index (χ1n) is 9.58. The highest BCUT2D eigenvalue weighted by Gasteiger charge is 2.45. The Morgan fingerprint density at radius 2 is 1.71 bits per heavy atom. The largest absolute Gasteiger partial charge is 0.508 e. The van der Waals surface area contributed by atoms with Crippen LogP contribution in [0.3, 0.4) is 0 Å². The van der Waals surface area contributed by atoms with Crippen LogP contribution in [-0.4, -0.2) is 68.8 Å². The highest BCUT2D eigenvalue weighted by atomic mass is 16.7. The number of ether oxygens (including phenoxy) is 3. The van der Waals surface area contributed by atoms with Crippen molar-refractivity contribution in [1.29, 1.82) is 0 Å².